The van der Waals surface area contributed by atoms with Crippen LogP contribution in [0.4, 0.5) is 0 Å². The van der Waals surface area contributed by atoms with Gasteiger partial charge in [-0.1, -0.05) is 36.4 Å². The van der Waals surface area contributed by atoms with Crippen LogP contribution in [0.3, 0.4) is 0 Å². The minimum atomic E-state index is -1.50. The fourth-order valence-electron chi connectivity index (χ4n) is 3.60. The van der Waals surface area contributed by atoms with E-state index >= 15 is 0 Å². The third-order valence-corrected chi connectivity index (χ3v) is 4.75. The lowest BCUT2D eigenvalue weighted by Crippen LogP contribution is -2.57. The first-order valence-corrected chi connectivity index (χ1v) is 8.56. The molecule has 2 aromatic rings. The molecule has 26 heavy (non-hydrogen) atoms. The Morgan fingerprint density at radius 3 is 2.54 bits per heavy atom. The second kappa shape index (κ2) is 6.59. The van der Waals surface area contributed by atoms with E-state index in [9.17, 15) is 4.79 Å². The Hall–Kier alpha value is -2.63. The van der Waals surface area contributed by atoms with Crippen LogP contribution in [-0.4, -0.2) is 38.0 Å². The topological polar surface area (TPSA) is 54.0 Å². The molecule has 0 saturated carbocycles. The lowest BCUT2D eigenvalue weighted by molar-refractivity contribution is -0.257. The summed E-state index contributed by atoms with van der Waals surface area (Å²) in [5.74, 6) is -0.554. The van der Waals surface area contributed by atoms with Gasteiger partial charge < -0.3 is 18.9 Å². The molecular weight excluding hydrogens is 332 g/mol. The van der Waals surface area contributed by atoms with E-state index in [4.69, 9.17) is 18.9 Å². The van der Waals surface area contributed by atoms with Crippen molar-refractivity contribution in [2.45, 2.75) is 18.8 Å². The van der Waals surface area contributed by atoms with E-state index in [-0.39, 0.29) is 5.78 Å². The van der Waals surface area contributed by atoms with Crippen LogP contribution >= 0.6 is 0 Å². The zero-order valence-electron chi connectivity index (χ0n) is 14.7. The fourth-order valence-corrected chi connectivity index (χ4v) is 3.60. The highest BCUT2D eigenvalue weighted by atomic mass is 16.7. The molecule has 0 N–H and O–H groups in total. The SMILES string of the molecule is COc1ccccc1C1=C(C)[C@H]2OCCO[C@@]2(Oc2ccccc2)C1=O. The van der Waals surface area contributed by atoms with Gasteiger partial charge in [-0.2, -0.15) is 0 Å². The van der Waals surface area contributed by atoms with Gasteiger partial charge in [-0.05, 0) is 30.7 Å². The number of Topliss-reactive ketones (excluding diaryl/α,β-unsaturated/α-hetero) is 1. The van der Waals surface area contributed by atoms with Crippen LogP contribution in [0.1, 0.15) is 12.5 Å². The Balaban J connectivity index is 1.80. The normalized spacial score (nSPS) is 25.2. The molecule has 2 atom stereocenters. The number of benzene rings is 2. The Kier molecular flexibility index (Phi) is 4.26. The summed E-state index contributed by atoms with van der Waals surface area (Å²) in [4.78, 5) is 13.5. The summed E-state index contributed by atoms with van der Waals surface area (Å²) in [7, 11) is 1.59. The predicted octanol–water partition coefficient (Wildman–Crippen LogP) is 3.24. The van der Waals surface area contributed by atoms with E-state index in [0.717, 1.165) is 11.1 Å². The number of ketones is 1. The third kappa shape index (κ3) is 2.52. The average molecular weight is 352 g/mol. The van der Waals surface area contributed by atoms with E-state index in [1.54, 1.807) is 19.2 Å². The van der Waals surface area contributed by atoms with Crippen molar-refractivity contribution in [3.05, 3.63) is 65.7 Å². The van der Waals surface area contributed by atoms with Crippen LogP contribution < -0.4 is 9.47 Å². The Morgan fingerprint density at radius 2 is 1.77 bits per heavy atom. The molecule has 0 aromatic heterocycles. The highest BCUT2D eigenvalue weighted by Crippen LogP contribution is 2.46. The summed E-state index contributed by atoms with van der Waals surface area (Å²) in [6, 6.07) is 16.6. The van der Waals surface area contributed by atoms with Gasteiger partial charge in [0.1, 0.15) is 11.5 Å². The Bertz CT molecular complexity index is 858. The molecule has 134 valence electrons. The second-order valence-corrected chi connectivity index (χ2v) is 6.27. The number of methoxy groups -OCH3 is 1. The Morgan fingerprint density at radius 1 is 1.04 bits per heavy atom. The van der Waals surface area contributed by atoms with E-state index in [1.165, 1.54) is 0 Å². The van der Waals surface area contributed by atoms with Gasteiger partial charge in [-0.25, -0.2) is 0 Å². The van der Waals surface area contributed by atoms with E-state index in [0.29, 0.717) is 30.3 Å². The van der Waals surface area contributed by atoms with Crippen molar-refractivity contribution in [3.63, 3.8) is 0 Å². The molecule has 1 aliphatic carbocycles. The zero-order chi connectivity index (χ0) is 18.1. The van der Waals surface area contributed by atoms with Crippen LogP contribution in [0.15, 0.2) is 60.2 Å². The molecule has 2 aromatic carbocycles. The van der Waals surface area contributed by atoms with Crippen molar-refractivity contribution < 1.29 is 23.7 Å². The van der Waals surface area contributed by atoms with Crippen molar-refractivity contribution in [2.24, 2.45) is 0 Å². The second-order valence-electron chi connectivity index (χ2n) is 6.27. The molecule has 1 heterocycles. The summed E-state index contributed by atoms with van der Waals surface area (Å²) in [6.07, 6.45) is -0.594. The molecular formula is C21H20O5. The van der Waals surface area contributed by atoms with E-state index in [2.05, 4.69) is 0 Å². The van der Waals surface area contributed by atoms with Gasteiger partial charge in [0.25, 0.3) is 0 Å². The number of ether oxygens (including phenoxy) is 4. The minimum Gasteiger partial charge on any atom is -0.496 e. The van der Waals surface area contributed by atoms with Crippen molar-refractivity contribution in [1.29, 1.82) is 0 Å². The third-order valence-electron chi connectivity index (χ3n) is 4.75. The quantitative estimate of drug-likeness (QED) is 0.845. The molecule has 1 saturated heterocycles. The molecule has 5 nitrogen and oxygen atoms in total. The smallest absolute Gasteiger partial charge is 0.305 e. The van der Waals surface area contributed by atoms with Crippen LogP contribution in [0.25, 0.3) is 5.57 Å². The van der Waals surface area contributed by atoms with Crippen LogP contribution in [0.5, 0.6) is 11.5 Å². The maximum absolute atomic E-state index is 13.5. The van der Waals surface area contributed by atoms with Gasteiger partial charge in [0.05, 0.1) is 20.3 Å². The molecule has 2 aliphatic rings. The molecule has 0 bridgehead atoms. The van der Waals surface area contributed by atoms with Crippen LogP contribution in [0, 0.1) is 0 Å². The maximum atomic E-state index is 13.5. The van der Waals surface area contributed by atoms with Crippen LogP contribution in [0.2, 0.25) is 0 Å². The highest BCUT2D eigenvalue weighted by molar-refractivity contribution is 6.28. The molecule has 0 radical (unpaired) electrons. The number of hydrogen-bond acceptors (Lipinski definition) is 5. The number of fused-ring (bicyclic) bond motifs is 1. The predicted molar refractivity (Wildman–Crippen MR) is 96.1 cm³/mol. The van der Waals surface area contributed by atoms with Crippen molar-refractivity contribution >= 4 is 11.4 Å². The number of para-hydroxylation sites is 2. The lowest BCUT2D eigenvalue weighted by atomic mass is 10.00. The molecule has 5 heteroatoms. The van der Waals surface area contributed by atoms with E-state index in [1.807, 2.05) is 49.4 Å². The van der Waals surface area contributed by atoms with Crippen molar-refractivity contribution in [1.82, 2.24) is 0 Å². The maximum Gasteiger partial charge on any atom is 0.305 e. The average Bonchev–Trinajstić information content (AvgIpc) is 2.90. The first kappa shape index (κ1) is 16.8. The van der Waals surface area contributed by atoms with E-state index < -0.39 is 11.9 Å². The molecule has 0 unspecified atom stereocenters. The lowest BCUT2D eigenvalue weighted by Gasteiger charge is -2.38. The van der Waals surface area contributed by atoms with Crippen molar-refractivity contribution in [2.75, 3.05) is 20.3 Å². The number of carbonyl (C=O) groups is 1. The van der Waals surface area contributed by atoms with Gasteiger partial charge >= 0.3 is 5.79 Å². The summed E-state index contributed by atoms with van der Waals surface area (Å²) in [5.41, 5.74) is 2.04. The zero-order valence-corrected chi connectivity index (χ0v) is 14.7. The summed E-state index contributed by atoms with van der Waals surface area (Å²) in [6.45, 7) is 2.59. The highest BCUT2D eigenvalue weighted by Gasteiger charge is 2.60. The standard InChI is InChI=1S/C21H20O5/c1-14-18(16-10-6-7-11-17(16)23-2)19(22)21(20(14)24-12-13-25-21)26-15-8-4-3-5-9-15/h3-11,20H,12-13H2,1-2H3/t20-,21-/m1/s1. The molecule has 0 spiro atoms. The largest absolute Gasteiger partial charge is 0.496 e. The minimum absolute atomic E-state index is 0.243. The van der Waals surface area contributed by atoms with Crippen LogP contribution in [-0.2, 0) is 14.3 Å². The van der Waals surface area contributed by atoms with Gasteiger partial charge in [-0.3, -0.25) is 4.79 Å². The van der Waals surface area contributed by atoms with Gasteiger partial charge in [0.2, 0.25) is 5.78 Å². The van der Waals surface area contributed by atoms with Crippen molar-refractivity contribution in [3.8, 4) is 11.5 Å². The molecule has 4 rings (SSSR count). The monoisotopic (exact) mass is 352 g/mol. The fraction of sp³-hybridized carbons (Fsp3) is 0.286. The summed E-state index contributed by atoms with van der Waals surface area (Å²) >= 11 is 0. The number of hydrogen-bond donors (Lipinski definition) is 0. The molecule has 1 fully saturated rings. The van der Waals surface area contributed by atoms with Gasteiger partial charge in [-0.15, -0.1) is 0 Å². The number of rotatable bonds is 4. The summed E-state index contributed by atoms with van der Waals surface area (Å²) < 4.78 is 23.4. The van der Waals surface area contributed by atoms with Gasteiger partial charge in [0.15, 0.2) is 6.10 Å². The molecule has 1 aliphatic heterocycles. The number of carbonyl (C=O) groups excluding carboxylic acids is 1. The van der Waals surface area contributed by atoms with Gasteiger partial charge in [0, 0.05) is 11.1 Å². The first-order chi connectivity index (χ1) is 12.7. The first-order valence-electron chi connectivity index (χ1n) is 8.56. The molecule has 0 amide bonds. The summed E-state index contributed by atoms with van der Waals surface area (Å²) in [5, 5.41) is 0. The Labute approximate surface area is 152 Å².